The van der Waals surface area contributed by atoms with Gasteiger partial charge >= 0.3 is 0 Å². The predicted octanol–water partition coefficient (Wildman–Crippen LogP) is 4.17. The highest BCUT2D eigenvalue weighted by Gasteiger charge is 2.12. The molecular weight excluding hydrogens is 298 g/mol. The van der Waals surface area contributed by atoms with Crippen molar-refractivity contribution in [2.45, 2.75) is 0 Å². The van der Waals surface area contributed by atoms with Crippen molar-refractivity contribution < 1.29 is 0 Å². The van der Waals surface area contributed by atoms with Crippen LogP contribution in [0.15, 0.2) is 47.4 Å². The van der Waals surface area contributed by atoms with E-state index in [4.69, 9.17) is 6.42 Å². The molecule has 1 aliphatic heterocycles. The van der Waals surface area contributed by atoms with Crippen molar-refractivity contribution in [1.29, 1.82) is 0 Å². The van der Waals surface area contributed by atoms with Crippen LogP contribution in [0.1, 0.15) is 5.56 Å². The summed E-state index contributed by atoms with van der Waals surface area (Å²) in [6.07, 6.45) is 9.05. The highest BCUT2D eigenvalue weighted by Crippen LogP contribution is 2.42. The Hall–Kier alpha value is -2.42. The fraction of sp³-hybridized carbons (Fsp3) is 0. The molecule has 0 spiro atoms. The third-order valence-corrected chi connectivity index (χ3v) is 5.03. The summed E-state index contributed by atoms with van der Waals surface area (Å²) in [7, 11) is 0. The smallest absolute Gasteiger partial charge is 0.155 e. The highest BCUT2D eigenvalue weighted by atomic mass is 32.1. The SMILES string of the molecule is C#Cc1ccsc1-c1ccn2nccc2n1.c1sc2cc1-2. The summed E-state index contributed by atoms with van der Waals surface area (Å²) < 4.78 is 1.73. The predicted molar refractivity (Wildman–Crippen MR) is 87.5 cm³/mol. The number of terminal acetylenes is 1. The van der Waals surface area contributed by atoms with E-state index in [1.54, 1.807) is 22.0 Å². The zero-order valence-electron chi connectivity index (χ0n) is 10.9. The molecular formula is C16H9N3S2. The first kappa shape index (κ1) is 12.3. The fourth-order valence-corrected chi connectivity index (χ4v) is 3.41. The van der Waals surface area contributed by atoms with Gasteiger partial charge in [-0.15, -0.1) is 29.1 Å². The topological polar surface area (TPSA) is 30.2 Å². The summed E-state index contributed by atoms with van der Waals surface area (Å²) in [6, 6.07) is 7.91. The van der Waals surface area contributed by atoms with Crippen LogP contribution in [0, 0.1) is 12.3 Å². The van der Waals surface area contributed by atoms with Gasteiger partial charge in [-0.25, -0.2) is 9.50 Å². The molecule has 0 bridgehead atoms. The summed E-state index contributed by atoms with van der Waals surface area (Å²) >= 11 is 3.44. The average molecular weight is 307 g/mol. The maximum Gasteiger partial charge on any atom is 0.155 e. The van der Waals surface area contributed by atoms with Crippen LogP contribution >= 0.6 is 22.7 Å². The molecule has 0 N–H and O–H groups in total. The number of hydrogen-bond donors (Lipinski definition) is 0. The fourth-order valence-electron chi connectivity index (χ4n) is 1.93. The van der Waals surface area contributed by atoms with E-state index >= 15 is 0 Å². The second-order valence-corrected chi connectivity index (χ2v) is 6.28. The Kier molecular flexibility index (Phi) is 2.85. The lowest BCUT2D eigenvalue weighted by atomic mass is 10.2. The van der Waals surface area contributed by atoms with Gasteiger partial charge < -0.3 is 0 Å². The normalized spacial score (nSPS) is 10.8. The van der Waals surface area contributed by atoms with Crippen LogP contribution in [0.5, 0.6) is 0 Å². The molecule has 21 heavy (non-hydrogen) atoms. The number of fused-ring (bicyclic) bond motifs is 2. The molecule has 100 valence electrons. The first-order valence-corrected chi connectivity index (χ1v) is 8.05. The third kappa shape index (κ3) is 2.25. The maximum absolute atomic E-state index is 5.44. The van der Waals surface area contributed by atoms with Crippen molar-refractivity contribution in [2.75, 3.05) is 0 Å². The Labute approximate surface area is 129 Å². The summed E-state index contributed by atoms with van der Waals surface area (Å²) in [5.41, 5.74) is 4.10. The van der Waals surface area contributed by atoms with Gasteiger partial charge in [0.2, 0.25) is 0 Å². The molecule has 0 saturated carbocycles. The molecule has 0 atom stereocenters. The second kappa shape index (κ2) is 4.85. The molecule has 3 nitrogen and oxygen atoms in total. The van der Waals surface area contributed by atoms with Crippen molar-refractivity contribution in [1.82, 2.24) is 14.6 Å². The lowest BCUT2D eigenvalue weighted by Gasteiger charge is -1.99. The van der Waals surface area contributed by atoms with E-state index in [0.29, 0.717) is 0 Å². The van der Waals surface area contributed by atoms with Gasteiger partial charge in [0, 0.05) is 33.6 Å². The second-order valence-electron chi connectivity index (χ2n) is 4.45. The number of rotatable bonds is 1. The van der Waals surface area contributed by atoms with Gasteiger partial charge in [-0.1, -0.05) is 5.92 Å². The Balaban J connectivity index is 0.000000191. The van der Waals surface area contributed by atoms with E-state index in [-0.39, 0.29) is 0 Å². The van der Waals surface area contributed by atoms with E-state index in [1.807, 2.05) is 41.1 Å². The Bertz CT molecular complexity index is 945. The molecule has 2 aliphatic rings. The molecule has 3 aromatic heterocycles. The molecule has 3 aromatic rings. The van der Waals surface area contributed by atoms with E-state index in [1.165, 1.54) is 10.4 Å². The molecule has 5 heteroatoms. The Morgan fingerprint density at radius 1 is 1.19 bits per heavy atom. The lowest BCUT2D eigenvalue weighted by molar-refractivity contribution is 0.941. The van der Waals surface area contributed by atoms with Crippen molar-refractivity contribution >= 4 is 28.3 Å². The van der Waals surface area contributed by atoms with Gasteiger partial charge in [0.15, 0.2) is 5.65 Å². The van der Waals surface area contributed by atoms with Crippen molar-refractivity contribution in [3.8, 4) is 33.4 Å². The minimum absolute atomic E-state index is 0.828. The van der Waals surface area contributed by atoms with Crippen LogP contribution in [0.4, 0.5) is 0 Å². The van der Waals surface area contributed by atoms with Crippen LogP contribution in [-0.2, 0) is 0 Å². The van der Waals surface area contributed by atoms with Crippen LogP contribution in [-0.4, -0.2) is 14.6 Å². The summed E-state index contributed by atoms with van der Waals surface area (Å²) in [4.78, 5) is 7.04. The van der Waals surface area contributed by atoms with Gasteiger partial charge in [-0.2, -0.15) is 5.10 Å². The molecule has 0 amide bonds. The summed E-state index contributed by atoms with van der Waals surface area (Å²) in [5.74, 6) is 2.66. The molecule has 1 aliphatic carbocycles. The number of hydrogen-bond acceptors (Lipinski definition) is 4. The first-order chi connectivity index (χ1) is 10.3. The van der Waals surface area contributed by atoms with Gasteiger partial charge in [-0.3, -0.25) is 0 Å². The number of thiophene rings is 2. The van der Waals surface area contributed by atoms with E-state index in [9.17, 15) is 0 Å². The molecule has 0 unspecified atom stereocenters. The molecule has 0 radical (unpaired) electrons. The minimum atomic E-state index is 0.828. The first-order valence-electron chi connectivity index (χ1n) is 6.29. The van der Waals surface area contributed by atoms with Crippen LogP contribution in [0.25, 0.3) is 26.7 Å². The zero-order chi connectivity index (χ0) is 14.2. The van der Waals surface area contributed by atoms with Gasteiger partial charge in [0.05, 0.1) is 16.8 Å². The van der Waals surface area contributed by atoms with Crippen molar-refractivity contribution in [2.24, 2.45) is 0 Å². The zero-order valence-corrected chi connectivity index (χ0v) is 12.5. The van der Waals surface area contributed by atoms with E-state index < -0.39 is 0 Å². The maximum atomic E-state index is 5.44. The third-order valence-electron chi connectivity index (χ3n) is 3.11. The van der Waals surface area contributed by atoms with Crippen LogP contribution < -0.4 is 0 Å². The van der Waals surface area contributed by atoms with E-state index in [0.717, 1.165) is 21.8 Å². The van der Waals surface area contributed by atoms with Gasteiger partial charge in [0.25, 0.3) is 0 Å². The summed E-state index contributed by atoms with van der Waals surface area (Å²) in [5, 5.41) is 8.24. The quantitative estimate of drug-likeness (QED) is 0.435. The molecule has 0 fully saturated rings. The number of nitrogens with zero attached hydrogens (tertiary/aromatic N) is 3. The summed E-state index contributed by atoms with van der Waals surface area (Å²) in [6.45, 7) is 0. The van der Waals surface area contributed by atoms with Crippen molar-refractivity contribution in [3.63, 3.8) is 0 Å². The monoisotopic (exact) mass is 307 g/mol. The molecule has 0 saturated heterocycles. The average Bonchev–Trinajstić information content (AvgIpc) is 2.97. The van der Waals surface area contributed by atoms with E-state index in [2.05, 4.69) is 27.4 Å². The number of aromatic nitrogens is 3. The molecule has 5 rings (SSSR count). The molecule has 4 heterocycles. The minimum Gasteiger partial charge on any atom is -0.228 e. The molecule has 0 aromatic carbocycles. The van der Waals surface area contributed by atoms with Crippen LogP contribution in [0.3, 0.4) is 0 Å². The van der Waals surface area contributed by atoms with Crippen LogP contribution in [0.2, 0.25) is 0 Å². The lowest BCUT2D eigenvalue weighted by Crippen LogP contribution is -1.91. The Morgan fingerprint density at radius 3 is 2.76 bits per heavy atom. The largest absolute Gasteiger partial charge is 0.228 e. The highest BCUT2D eigenvalue weighted by molar-refractivity contribution is 7.18. The Morgan fingerprint density at radius 2 is 2.10 bits per heavy atom. The van der Waals surface area contributed by atoms with Crippen molar-refractivity contribution in [3.05, 3.63) is 53.0 Å². The van der Waals surface area contributed by atoms with Gasteiger partial charge in [-0.05, 0) is 23.6 Å². The van der Waals surface area contributed by atoms with Gasteiger partial charge in [0.1, 0.15) is 0 Å². The standard InChI is InChI=1S/C12H7N3S.C4H2S/c1-2-9-5-8-16-12(9)10-4-7-15-11(14-10)3-6-13-15;1-3-2-5-4(1)3/h1,3-8H;1-2H.